The number of halogens is 1. The molecule has 1 saturated heterocycles. The molecule has 1 aliphatic rings. The van der Waals surface area contributed by atoms with E-state index in [9.17, 15) is 9.59 Å². The van der Waals surface area contributed by atoms with Crippen molar-refractivity contribution in [3.05, 3.63) is 47.1 Å². The number of nitrogens with zero attached hydrogens (tertiary/aromatic N) is 3. The Bertz CT molecular complexity index is 851. The van der Waals surface area contributed by atoms with E-state index >= 15 is 0 Å². The fourth-order valence-corrected chi connectivity index (χ4v) is 3.13. The van der Waals surface area contributed by atoms with E-state index in [1.54, 1.807) is 48.4 Å². The highest BCUT2D eigenvalue weighted by Crippen LogP contribution is 2.28. The van der Waals surface area contributed by atoms with Gasteiger partial charge in [-0.05, 0) is 30.3 Å². The molecule has 0 unspecified atom stereocenters. The first-order valence-corrected chi connectivity index (χ1v) is 8.97. The fraction of sp³-hybridized carbons (Fsp3) is 0.316. The van der Waals surface area contributed by atoms with Crippen molar-refractivity contribution in [1.29, 1.82) is 0 Å². The molecule has 0 atom stereocenters. The number of hydrogen-bond donors (Lipinski definition) is 1. The molecule has 0 spiro atoms. The van der Waals surface area contributed by atoms with Crippen molar-refractivity contribution in [2.24, 2.45) is 0 Å². The van der Waals surface area contributed by atoms with Gasteiger partial charge < -0.3 is 19.9 Å². The third-order valence-corrected chi connectivity index (χ3v) is 4.70. The summed E-state index contributed by atoms with van der Waals surface area (Å²) in [5, 5.41) is 3.33. The summed E-state index contributed by atoms with van der Waals surface area (Å²) in [6.07, 6.45) is 1.61. The van der Waals surface area contributed by atoms with Crippen LogP contribution in [0.4, 0.5) is 11.5 Å². The number of methoxy groups -OCH3 is 1. The van der Waals surface area contributed by atoms with Crippen molar-refractivity contribution in [3.8, 4) is 5.75 Å². The smallest absolute Gasteiger partial charge is 0.255 e. The van der Waals surface area contributed by atoms with E-state index in [1.807, 2.05) is 0 Å². The molecular formula is C19H21ClN4O3. The van der Waals surface area contributed by atoms with Gasteiger partial charge in [-0.1, -0.05) is 11.6 Å². The zero-order valence-corrected chi connectivity index (χ0v) is 16.0. The molecule has 0 bridgehead atoms. The number of rotatable bonds is 4. The minimum atomic E-state index is -0.276. The van der Waals surface area contributed by atoms with Crippen molar-refractivity contribution >= 4 is 34.9 Å². The molecular weight excluding hydrogens is 368 g/mol. The van der Waals surface area contributed by atoms with Gasteiger partial charge in [0.05, 0.1) is 12.8 Å². The molecule has 0 aliphatic carbocycles. The second-order valence-electron chi connectivity index (χ2n) is 6.19. The lowest BCUT2D eigenvalue weighted by atomic mass is 10.2. The van der Waals surface area contributed by atoms with Crippen molar-refractivity contribution in [1.82, 2.24) is 9.88 Å². The lowest BCUT2D eigenvalue weighted by Gasteiger charge is -2.35. The number of ether oxygens (including phenoxy) is 1. The first-order valence-electron chi connectivity index (χ1n) is 8.59. The number of hydrogen-bond acceptors (Lipinski definition) is 5. The molecule has 7 nitrogen and oxygen atoms in total. The second-order valence-corrected chi connectivity index (χ2v) is 6.63. The quantitative estimate of drug-likeness (QED) is 0.871. The Balaban J connectivity index is 1.73. The highest BCUT2D eigenvalue weighted by atomic mass is 35.5. The zero-order chi connectivity index (χ0) is 19.4. The van der Waals surface area contributed by atoms with Crippen molar-refractivity contribution in [2.75, 3.05) is 43.5 Å². The van der Waals surface area contributed by atoms with Gasteiger partial charge in [0, 0.05) is 49.9 Å². The molecule has 3 rings (SSSR count). The molecule has 1 fully saturated rings. The van der Waals surface area contributed by atoms with Gasteiger partial charge in [0.25, 0.3) is 5.91 Å². The van der Waals surface area contributed by atoms with Crippen LogP contribution in [0.2, 0.25) is 5.02 Å². The maximum atomic E-state index is 12.7. The van der Waals surface area contributed by atoms with Gasteiger partial charge in [-0.2, -0.15) is 0 Å². The van der Waals surface area contributed by atoms with E-state index in [0.29, 0.717) is 54.0 Å². The van der Waals surface area contributed by atoms with Gasteiger partial charge in [0.2, 0.25) is 5.91 Å². The van der Waals surface area contributed by atoms with Gasteiger partial charge in [-0.25, -0.2) is 4.98 Å². The number of benzene rings is 1. The van der Waals surface area contributed by atoms with Gasteiger partial charge >= 0.3 is 0 Å². The molecule has 2 heterocycles. The summed E-state index contributed by atoms with van der Waals surface area (Å²) >= 11 is 6.01. The van der Waals surface area contributed by atoms with E-state index in [-0.39, 0.29) is 11.8 Å². The van der Waals surface area contributed by atoms with Gasteiger partial charge in [0.15, 0.2) is 0 Å². The highest BCUT2D eigenvalue weighted by Gasteiger charge is 2.20. The van der Waals surface area contributed by atoms with Crippen LogP contribution in [0.25, 0.3) is 0 Å². The van der Waals surface area contributed by atoms with Gasteiger partial charge in [-0.3, -0.25) is 9.59 Å². The second kappa shape index (κ2) is 8.26. The zero-order valence-electron chi connectivity index (χ0n) is 15.2. The fourth-order valence-electron chi connectivity index (χ4n) is 2.96. The third-order valence-electron chi connectivity index (χ3n) is 4.47. The molecule has 1 N–H and O–H groups in total. The molecule has 2 amide bonds. The van der Waals surface area contributed by atoms with E-state index < -0.39 is 0 Å². The average Bonchev–Trinajstić information content (AvgIpc) is 2.68. The Morgan fingerprint density at radius 1 is 1.15 bits per heavy atom. The summed E-state index contributed by atoms with van der Waals surface area (Å²) in [6.45, 7) is 4.23. The maximum absolute atomic E-state index is 12.7. The minimum Gasteiger partial charge on any atom is -0.495 e. The number of amides is 2. The van der Waals surface area contributed by atoms with Crippen LogP contribution in [0.3, 0.4) is 0 Å². The Kier molecular flexibility index (Phi) is 5.81. The molecule has 8 heteroatoms. The number of pyridine rings is 1. The predicted molar refractivity (Wildman–Crippen MR) is 105 cm³/mol. The Morgan fingerprint density at radius 3 is 2.56 bits per heavy atom. The SMILES string of the molecule is COc1ccc(Cl)cc1NC(=O)c1ccnc(N2CCN(C(C)=O)CC2)c1. The summed E-state index contributed by atoms with van der Waals surface area (Å²) < 4.78 is 5.26. The Labute approximate surface area is 162 Å². The summed E-state index contributed by atoms with van der Waals surface area (Å²) in [7, 11) is 1.53. The molecule has 0 radical (unpaired) electrons. The van der Waals surface area contributed by atoms with Gasteiger partial charge in [-0.15, -0.1) is 0 Å². The third kappa shape index (κ3) is 4.49. The molecule has 142 valence electrons. The topological polar surface area (TPSA) is 74.8 Å². The van der Waals surface area contributed by atoms with E-state index in [2.05, 4.69) is 15.2 Å². The summed E-state index contributed by atoms with van der Waals surface area (Å²) in [5.41, 5.74) is 0.986. The van der Waals surface area contributed by atoms with Crippen molar-refractivity contribution in [2.45, 2.75) is 6.92 Å². The molecule has 2 aromatic rings. The maximum Gasteiger partial charge on any atom is 0.255 e. The first-order chi connectivity index (χ1) is 13.0. The monoisotopic (exact) mass is 388 g/mol. The van der Waals surface area contributed by atoms with E-state index in [1.165, 1.54) is 7.11 Å². The number of carbonyl (C=O) groups excluding carboxylic acids is 2. The first kappa shape index (κ1) is 19.0. The lowest BCUT2D eigenvalue weighted by molar-refractivity contribution is -0.129. The highest BCUT2D eigenvalue weighted by molar-refractivity contribution is 6.31. The summed E-state index contributed by atoms with van der Waals surface area (Å²) in [5.74, 6) is 1.04. The van der Waals surface area contributed by atoms with E-state index in [0.717, 1.165) is 0 Å². The van der Waals surface area contributed by atoms with Crippen LogP contribution >= 0.6 is 11.6 Å². The molecule has 0 saturated carbocycles. The van der Waals surface area contributed by atoms with Crippen molar-refractivity contribution in [3.63, 3.8) is 0 Å². The Morgan fingerprint density at radius 2 is 1.89 bits per heavy atom. The van der Waals surface area contributed by atoms with Gasteiger partial charge in [0.1, 0.15) is 11.6 Å². The van der Waals surface area contributed by atoms with Crippen LogP contribution in [0.5, 0.6) is 5.75 Å². The molecule has 1 aromatic heterocycles. The Hall–Kier alpha value is -2.80. The molecule has 27 heavy (non-hydrogen) atoms. The lowest BCUT2D eigenvalue weighted by Crippen LogP contribution is -2.48. The number of carbonyl (C=O) groups is 2. The number of aromatic nitrogens is 1. The number of anilines is 2. The van der Waals surface area contributed by atoms with Crippen LogP contribution in [0.1, 0.15) is 17.3 Å². The van der Waals surface area contributed by atoms with Crippen LogP contribution in [-0.2, 0) is 4.79 Å². The minimum absolute atomic E-state index is 0.0752. The average molecular weight is 389 g/mol. The van der Waals surface area contributed by atoms with Crippen LogP contribution in [0.15, 0.2) is 36.5 Å². The predicted octanol–water partition coefficient (Wildman–Crippen LogP) is 2.66. The largest absolute Gasteiger partial charge is 0.495 e. The van der Waals surface area contributed by atoms with Crippen LogP contribution < -0.4 is 15.0 Å². The van der Waals surface area contributed by atoms with E-state index in [4.69, 9.17) is 16.3 Å². The normalized spacial score (nSPS) is 14.0. The summed E-state index contributed by atoms with van der Waals surface area (Å²) in [4.78, 5) is 32.4. The summed E-state index contributed by atoms with van der Waals surface area (Å²) in [6, 6.07) is 8.44. The number of piperazine rings is 1. The standard InChI is InChI=1S/C19H21ClN4O3/c1-13(25)23-7-9-24(10-8-23)18-11-14(5-6-21-18)19(26)22-16-12-15(20)3-4-17(16)27-2/h3-6,11-12H,7-10H2,1-2H3,(H,22,26). The molecule has 1 aliphatic heterocycles. The molecule has 1 aromatic carbocycles. The van der Waals surface area contributed by atoms with Crippen LogP contribution in [-0.4, -0.2) is 55.0 Å². The van der Waals surface area contributed by atoms with Crippen molar-refractivity contribution < 1.29 is 14.3 Å². The van der Waals surface area contributed by atoms with Crippen LogP contribution in [0, 0.1) is 0 Å². The number of nitrogens with one attached hydrogen (secondary N) is 1.